The van der Waals surface area contributed by atoms with Gasteiger partial charge in [-0.05, 0) is 31.0 Å². The maximum atomic E-state index is 13.6. The third-order valence-electron chi connectivity index (χ3n) is 4.20. The quantitative estimate of drug-likeness (QED) is 0.646. The molecule has 1 fully saturated rings. The number of rotatable bonds is 6. The molecule has 2 unspecified atom stereocenters. The van der Waals surface area contributed by atoms with Gasteiger partial charge in [0, 0.05) is 24.8 Å². The van der Waals surface area contributed by atoms with Crippen molar-refractivity contribution < 1.29 is 9.18 Å². The summed E-state index contributed by atoms with van der Waals surface area (Å²) in [6, 6.07) is 4.76. The van der Waals surface area contributed by atoms with Crippen LogP contribution in [-0.2, 0) is 4.79 Å². The fourth-order valence-electron chi connectivity index (χ4n) is 2.85. The number of anilines is 2. The normalized spacial score (nSPS) is 18.1. The van der Waals surface area contributed by atoms with Gasteiger partial charge in [-0.2, -0.15) is 4.98 Å². The van der Waals surface area contributed by atoms with Crippen LogP contribution in [0.15, 0.2) is 23.4 Å². The van der Waals surface area contributed by atoms with Crippen LogP contribution < -0.4 is 16.0 Å². The van der Waals surface area contributed by atoms with Gasteiger partial charge in [-0.15, -0.1) is 5.10 Å². The minimum Gasteiger partial charge on any atom is -0.369 e. The molecule has 1 saturated heterocycles. The Bertz CT molecular complexity index is 788. The van der Waals surface area contributed by atoms with Gasteiger partial charge in [0.15, 0.2) is 0 Å². The van der Waals surface area contributed by atoms with E-state index in [0.29, 0.717) is 18.1 Å². The number of nitrogens with zero attached hydrogens (tertiary/aromatic N) is 3. The molecule has 4 N–H and O–H groups in total. The van der Waals surface area contributed by atoms with Gasteiger partial charge in [0.05, 0.1) is 10.3 Å². The van der Waals surface area contributed by atoms with Gasteiger partial charge in [-0.25, -0.2) is 9.49 Å². The zero-order chi connectivity index (χ0) is 18.7. The van der Waals surface area contributed by atoms with Gasteiger partial charge in [0.25, 0.3) is 0 Å². The number of thioether (sulfide) groups is 1. The van der Waals surface area contributed by atoms with E-state index in [9.17, 15) is 9.18 Å². The van der Waals surface area contributed by atoms with Crippen molar-refractivity contribution in [1.29, 1.82) is 0 Å². The zero-order valence-corrected chi connectivity index (χ0v) is 15.8. The number of aromatic nitrogens is 3. The Labute approximate surface area is 159 Å². The highest BCUT2D eigenvalue weighted by Crippen LogP contribution is 2.26. The number of carbonyl (C=O) groups excluding carboxylic acids is 1. The van der Waals surface area contributed by atoms with E-state index < -0.39 is 5.82 Å². The second kappa shape index (κ2) is 8.13. The first kappa shape index (κ1) is 18.8. The Balaban J connectivity index is 1.56. The minimum atomic E-state index is -0.440. The highest BCUT2D eigenvalue weighted by Gasteiger charge is 2.28. The highest BCUT2D eigenvalue weighted by molar-refractivity contribution is 8.00. The third-order valence-corrected chi connectivity index (χ3v) is 5.73. The molecule has 140 valence electrons. The van der Waals surface area contributed by atoms with Crippen molar-refractivity contribution in [2.75, 3.05) is 23.7 Å². The van der Waals surface area contributed by atoms with Gasteiger partial charge in [0.2, 0.25) is 17.0 Å². The third kappa shape index (κ3) is 4.39. The number of nitrogens with one attached hydrogen (secondary N) is 2. The van der Waals surface area contributed by atoms with E-state index in [0.717, 1.165) is 18.7 Å². The maximum absolute atomic E-state index is 13.6. The largest absolute Gasteiger partial charge is 0.369 e. The average Bonchev–Trinajstić information content (AvgIpc) is 3.24. The smallest absolute Gasteiger partial charge is 0.233 e. The van der Waals surface area contributed by atoms with Gasteiger partial charge in [-0.1, -0.05) is 30.3 Å². The molecule has 2 atom stereocenters. The van der Waals surface area contributed by atoms with Crippen molar-refractivity contribution in [2.45, 2.75) is 36.2 Å². The predicted molar refractivity (Wildman–Crippen MR) is 101 cm³/mol. The van der Waals surface area contributed by atoms with Crippen LogP contribution in [0, 0.1) is 5.82 Å². The Kier molecular flexibility index (Phi) is 5.87. The highest BCUT2D eigenvalue weighted by atomic mass is 35.5. The first-order valence-electron chi connectivity index (χ1n) is 8.31. The van der Waals surface area contributed by atoms with Crippen LogP contribution in [0.25, 0.3) is 0 Å². The van der Waals surface area contributed by atoms with Crippen LogP contribution in [0.2, 0.25) is 5.02 Å². The molecule has 1 amide bonds. The summed E-state index contributed by atoms with van der Waals surface area (Å²) in [7, 11) is 0. The topological polar surface area (TPSA) is 99.9 Å². The fourth-order valence-corrected chi connectivity index (χ4v) is 3.81. The van der Waals surface area contributed by atoms with E-state index in [1.807, 2.05) is 11.8 Å². The molecule has 1 aliphatic heterocycles. The van der Waals surface area contributed by atoms with Gasteiger partial charge in [-0.3, -0.25) is 4.79 Å². The molecular formula is C16H20ClFN6OS. The molecule has 1 aromatic carbocycles. The lowest BCUT2D eigenvalue weighted by Crippen LogP contribution is -2.41. The molecule has 1 aromatic heterocycles. The molecule has 26 heavy (non-hydrogen) atoms. The second-order valence-corrected chi connectivity index (χ2v) is 7.63. The lowest BCUT2D eigenvalue weighted by atomic mass is 10.2. The summed E-state index contributed by atoms with van der Waals surface area (Å²) in [5.41, 5.74) is 6.28. The van der Waals surface area contributed by atoms with E-state index in [2.05, 4.69) is 20.5 Å². The molecule has 3 rings (SSSR count). The Hall–Kier alpha value is -2.00. The van der Waals surface area contributed by atoms with E-state index in [1.165, 1.54) is 17.8 Å². The number of amides is 1. The lowest BCUT2D eigenvalue weighted by molar-refractivity contribution is -0.121. The summed E-state index contributed by atoms with van der Waals surface area (Å²) in [6.07, 6.45) is 1.44. The van der Waals surface area contributed by atoms with Crippen LogP contribution in [0.4, 0.5) is 16.0 Å². The van der Waals surface area contributed by atoms with Crippen LogP contribution in [0.1, 0.15) is 19.8 Å². The maximum Gasteiger partial charge on any atom is 0.233 e. The summed E-state index contributed by atoms with van der Waals surface area (Å²) >= 11 is 7.01. The number of benzene rings is 1. The molecular weight excluding hydrogens is 379 g/mol. The van der Waals surface area contributed by atoms with Crippen molar-refractivity contribution in [3.63, 3.8) is 0 Å². The summed E-state index contributed by atoms with van der Waals surface area (Å²) < 4.78 is 13.6. The van der Waals surface area contributed by atoms with Gasteiger partial charge < -0.3 is 16.0 Å². The molecule has 7 nitrogen and oxygen atoms in total. The molecule has 0 spiro atoms. The Morgan fingerprint density at radius 1 is 1.62 bits per heavy atom. The Morgan fingerprint density at radius 3 is 3.08 bits per heavy atom. The van der Waals surface area contributed by atoms with E-state index in [-0.39, 0.29) is 28.2 Å². The summed E-state index contributed by atoms with van der Waals surface area (Å²) in [4.78, 5) is 18.6. The number of hydrogen-bond acceptors (Lipinski definition) is 6. The first-order chi connectivity index (χ1) is 12.5. The molecule has 2 aromatic rings. The van der Waals surface area contributed by atoms with Crippen molar-refractivity contribution in [3.05, 3.63) is 29.0 Å². The van der Waals surface area contributed by atoms with Gasteiger partial charge >= 0.3 is 0 Å². The summed E-state index contributed by atoms with van der Waals surface area (Å²) in [6.45, 7) is 3.31. The van der Waals surface area contributed by atoms with Crippen LogP contribution in [0.3, 0.4) is 0 Å². The second-order valence-electron chi connectivity index (χ2n) is 6.06. The van der Waals surface area contributed by atoms with Crippen molar-refractivity contribution >= 4 is 40.9 Å². The lowest BCUT2D eigenvalue weighted by Gasteiger charge is -2.20. The number of hydrogen-bond donors (Lipinski definition) is 3. The average molecular weight is 399 g/mol. The Morgan fingerprint density at radius 2 is 2.42 bits per heavy atom. The number of H-pyrrole nitrogens is 1. The summed E-state index contributed by atoms with van der Waals surface area (Å²) in [5.74, 6) is -0.274. The molecule has 0 bridgehead atoms. The first-order valence-corrected chi connectivity index (χ1v) is 9.57. The fraction of sp³-hybridized carbons (Fsp3) is 0.438. The number of nitrogens with two attached hydrogens (primary N) is 1. The van der Waals surface area contributed by atoms with Crippen LogP contribution in [0.5, 0.6) is 0 Å². The van der Waals surface area contributed by atoms with E-state index >= 15 is 0 Å². The predicted octanol–water partition coefficient (Wildman–Crippen LogP) is 2.45. The van der Waals surface area contributed by atoms with Crippen LogP contribution in [-0.4, -0.2) is 45.5 Å². The molecule has 1 aliphatic rings. The zero-order valence-electron chi connectivity index (χ0n) is 14.2. The van der Waals surface area contributed by atoms with Crippen molar-refractivity contribution in [3.8, 4) is 0 Å². The number of carbonyl (C=O) groups is 1. The van der Waals surface area contributed by atoms with Crippen LogP contribution >= 0.6 is 23.4 Å². The standard InChI is InChI=1S/C16H20ClFN6OS/c1-2-13(26-16-21-15(19)22-23-16)14(25)20-9-5-6-24(8-9)10-3-4-11(17)12(18)7-10/h3-4,7,9,13H,2,5-6,8H2,1H3,(H,20,25)(H3,19,21,22,23). The molecule has 10 heteroatoms. The van der Waals surface area contributed by atoms with E-state index in [4.69, 9.17) is 17.3 Å². The van der Waals surface area contributed by atoms with Gasteiger partial charge in [0.1, 0.15) is 5.82 Å². The van der Waals surface area contributed by atoms with Crippen molar-refractivity contribution in [1.82, 2.24) is 20.5 Å². The molecule has 2 heterocycles. The number of halogens is 2. The monoisotopic (exact) mass is 398 g/mol. The SMILES string of the molecule is CCC(Sc1n[nH]c(N)n1)C(=O)NC1CCN(c2ccc(Cl)c(F)c2)C1. The minimum absolute atomic E-state index is 0.00750. The number of nitrogen functional groups attached to an aromatic ring is 1. The van der Waals surface area contributed by atoms with E-state index in [1.54, 1.807) is 12.1 Å². The number of aromatic amines is 1. The molecule has 0 radical (unpaired) electrons. The molecule has 0 aliphatic carbocycles. The summed E-state index contributed by atoms with van der Waals surface area (Å²) in [5, 5.41) is 9.84. The molecule has 0 saturated carbocycles. The van der Waals surface area contributed by atoms with Crippen molar-refractivity contribution in [2.24, 2.45) is 0 Å².